The highest BCUT2D eigenvalue weighted by Crippen LogP contribution is 2.26. The van der Waals surface area contributed by atoms with Crippen molar-refractivity contribution >= 4 is 11.8 Å². The number of hydrogen-bond donors (Lipinski definition) is 0. The Hall–Kier alpha value is -2.79. The number of hydrogen-bond acceptors (Lipinski definition) is 4. The lowest BCUT2D eigenvalue weighted by Gasteiger charge is -2.06. The van der Waals surface area contributed by atoms with Gasteiger partial charge in [0, 0.05) is 35.5 Å². The Bertz CT molecular complexity index is 916. The van der Waals surface area contributed by atoms with E-state index in [1.54, 1.807) is 11.8 Å². The van der Waals surface area contributed by atoms with Gasteiger partial charge in [-0.2, -0.15) is 0 Å². The number of imidazole rings is 1. The third-order valence-corrected chi connectivity index (χ3v) is 4.61. The van der Waals surface area contributed by atoms with Crippen molar-refractivity contribution in [2.75, 3.05) is 0 Å². The molecule has 24 heavy (non-hydrogen) atoms. The van der Waals surface area contributed by atoms with Gasteiger partial charge in [-0.3, -0.25) is 4.57 Å². The molecule has 0 atom stereocenters. The van der Waals surface area contributed by atoms with Crippen LogP contribution in [-0.4, -0.2) is 14.7 Å². The average molecular weight is 333 g/mol. The summed E-state index contributed by atoms with van der Waals surface area (Å²) >= 11 is 1.64. The van der Waals surface area contributed by atoms with E-state index in [1.807, 2.05) is 67.0 Å². The van der Waals surface area contributed by atoms with Gasteiger partial charge in [-0.05, 0) is 12.1 Å². The summed E-state index contributed by atoms with van der Waals surface area (Å²) in [7, 11) is 0. The summed E-state index contributed by atoms with van der Waals surface area (Å²) in [5, 5.41) is 5.10. The molecule has 0 amide bonds. The topological polar surface area (TPSA) is 43.9 Å². The Balaban J connectivity index is 1.49. The minimum Gasteiger partial charge on any atom is -0.356 e. The zero-order valence-electron chi connectivity index (χ0n) is 12.9. The molecule has 0 unspecified atom stereocenters. The van der Waals surface area contributed by atoms with Crippen molar-refractivity contribution in [1.29, 1.82) is 0 Å². The van der Waals surface area contributed by atoms with Gasteiger partial charge in [-0.15, -0.1) is 0 Å². The molecule has 2 heterocycles. The maximum absolute atomic E-state index is 5.44. The molecule has 0 aliphatic heterocycles. The monoisotopic (exact) mass is 333 g/mol. The lowest BCUT2D eigenvalue weighted by Crippen LogP contribution is -1.94. The fraction of sp³-hybridized carbons (Fsp3) is 0.0526. The van der Waals surface area contributed by atoms with Crippen molar-refractivity contribution in [3.63, 3.8) is 0 Å². The molecule has 0 aliphatic carbocycles. The highest BCUT2D eigenvalue weighted by molar-refractivity contribution is 7.98. The van der Waals surface area contributed by atoms with E-state index in [0.29, 0.717) is 5.75 Å². The first kappa shape index (κ1) is 14.8. The zero-order valence-corrected chi connectivity index (χ0v) is 13.7. The fourth-order valence-electron chi connectivity index (χ4n) is 2.44. The van der Waals surface area contributed by atoms with Crippen LogP contribution < -0.4 is 0 Å². The normalized spacial score (nSPS) is 10.8. The first-order valence-corrected chi connectivity index (χ1v) is 8.61. The van der Waals surface area contributed by atoms with Crippen LogP contribution in [0.2, 0.25) is 0 Å². The minimum atomic E-state index is 0.709. The fourth-order valence-corrected chi connectivity index (χ4v) is 3.29. The predicted octanol–water partition coefficient (Wildman–Crippen LogP) is 4.82. The molecule has 5 heteroatoms. The molecule has 0 aliphatic rings. The number of nitrogens with zero attached hydrogens (tertiary/aromatic N) is 3. The highest BCUT2D eigenvalue weighted by atomic mass is 32.2. The second kappa shape index (κ2) is 6.76. The molecular weight excluding hydrogens is 318 g/mol. The summed E-state index contributed by atoms with van der Waals surface area (Å²) in [6.07, 6.45) is 3.78. The Morgan fingerprint density at radius 1 is 0.958 bits per heavy atom. The largest absolute Gasteiger partial charge is 0.356 e. The lowest BCUT2D eigenvalue weighted by atomic mass is 10.2. The lowest BCUT2D eigenvalue weighted by molar-refractivity contribution is 0.426. The number of benzene rings is 2. The van der Waals surface area contributed by atoms with Gasteiger partial charge >= 0.3 is 0 Å². The molecule has 4 nitrogen and oxygen atoms in total. The van der Waals surface area contributed by atoms with Gasteiger partial charge in [-0.1, -0.05) is 65.4 Å². The number of thioether (sulfide) groups is 1. The zero-order chi connectivity index (χ0) is 16.2. The second-order valence-corrected chi connectivity index (χ2v) is 6.20. The molecule has 0 N–H and O–H groups in total. The first-order valence-electron chi connectivity index (χ1n) is 7.63. The van der Waals surface area contributed by atoms with E-state index in [2.05, 4.69) is 26.8 Å². The summed E-state index contributed by atoms with van der Waals surface area (Å²) in [6.45, 7) is 0. The van der Waals surface area contributed by atoms with Gasteiger partial charge in [-0.25, -0.2) is 4.98 Å². The molecule has 0 radical (unpaired) electrons. The van der Waals surface area contributed by atoms with Crippen molar-refractivity contribution < 1.29 is 4.52 Å². The van der Waals surface area contributed by atoms with E-state index >= 15 is 0 Å². The molecule has 2 aromatic heterocycles. The first-order chi connectivity index (χ1) is 11.9. The van der Waals surface area contributed by atoms with Gasteiger partial charge in [0.15, 0.2) is 10.9 Å². The van der Waals surface area contributed by atoms with Crippen LogP contribution in [0.3, 0.4) is 0 Å². The predicted molar refractivity (Wildman–Crippen MR) is 95.1 cm³/mol. The molecule has 0 bridgehead atoms. The third kappa shape index (κ3) is 3.12. The Kier molecular flexibility index (Phi) is 4.16. The van der Waals surface area contributed by atoms with E-state index in [1.165, 1.54) is 0 Å². The highest BCUT2D eigenvalue weighted by Gasteiger charge is 2.10. The molecule has 0 saturated heterocycles. The summed E-state index contributed by atoms with van der Waals surface area (Å²) < 4.78 is 7.52. The Morgan fingerprint density at radius 3 is 2.50 bits per heavy atom. The van der Waals surface area contributed by atoms with Gasteiger partial charge in [0.05, 0.1) is 5.69 Å². The van der Waals surface area contributed by atoms with Crippen LogP contribution in [0.15, 0.2) is 88.8 Å². The van der Waals surface area contributed by atoms with Gasteiger partial charge in [0.1, 0.15) is 0 Å². The SMILES string of the molecule is c1ccc(-c2cc(CSc3nccn3-c3ccccc3)no2)cc1. The van der Waals surface area contributed by atoms with Crippen LogP contribution in [-0.2, 0) is 5.75 Å². The smallest absolute Gasteiger partial charge is 0.172 e. The van der Waals surface area contributed by atoms with Gasteiger partial charge in [0.25, 0.3) is 0 Å². The van der Waals surface area contributed by atoms with Crippen molar-refractivity contribution in [2.45, 2.75) is 10.9 Å². The molecule has 4 aromatic rings. The van der Waals surface area contributed by atoms with Crippen LogP contribution >= 0.6 is 11.8 Å². The van der Waals surface area contributed by atoms with Gasteiger partial charge in [0.2, 0.25) is 0 Å². The number of para-hydroxylation sites is 1. The third-order valence-electron chi connectivity index (χ3n) is 3.61. The average Bonchev–Trinajstić information content (AvgIpc) is 3.31. The van der Waals surface area contributed by atoms with Crippen LogP contribution in [0.25, 0.3) is 17.0 Å². The summed E-state index contributed by atoms with van der Waals surface area (Å²) in [5.41, 5.74) is 3.04. The molecule has 0 saturated carbocycles. The molecule has 2 aromatic carbocycles. The van der Waals surface area contributed by atoms with E-state index in [9.17, 15) is 0 Å². The summed E-state index contributed by atoms with van der Waals surface area (Å²) in [6, 6.07) is 22.2. The number of aromatic nitrogens is 3. The van der Waals surface area contributed by atoms with Crippen molar-refractivity contribution in [1.82, 2.24) is 14.7 Å². The van der Waals surface area contributed by atoms with Crippen LogP contribution in [0.5, 0.6) is 0 Å². The maximum Gasteiger partial charge on any atom is 0.172 e. The van der Waals surface area contributed by atoms with Crippen LogP contribution in [0, 0.1) is 0 Å². The summed E-state index contributed by atoms with van der Waals surface area (Å²) in [5.74, 6) is 1.50. The second-order valence-electron chi connectivity index (χ2n) is 5.25. The molecule has 0 spiro atoms. The maximum atomic E-state index is 5.44. The van der Waals surface area contributed by atoms with Gasteiger partial charge < -0.3 is 4.52 Å². The summed E-state index contributed by atoms with van der Waals surface area (Å²) in [4.78, 5) is 4.44. The molecule has 4 rings (SSSR count). The Labute approximate surface area is 144 Å². The van der Waals surface area contributed by atoms with Crippen LogP contribution in [0.1, 0.15) is 5.69 Å². The van der Waals surface area contributed by atoms with Crippen molar-refractivity contribution in [3.05, 3.63) is 84.8 Å². The minimum absolute atomic E-state index is 0.709. The molecule has 0 fully saturated rings. The van der Waals surface area contributed by atoms with E-state index in [4.69, 9.17) is 4.52 Å². The number of rotatable bonds is 5. The molecular formula is C19H15N3OS. The van der Waals surface area contributed by atoms with E-state index in [0.717, 1.165) is 27.9 Å². The standard InChI is InChI=1S/C19H15N3OS/c1-3-7-15(8-4-1)18-13-16(21-23-18)14-24-19-20-11-12-22(19)17-9-5-2-6-10-17/h1-13H,14H2. The quantitative estimate of drug-likeness (QED) is 0.491. The van der Waals surface area contributed by atoms with Crippen LogP contribution in [0.4, 0.5) is 0 Å². The van der Waals surface area contributed by atoms with E-state index in [-0.39, 0.29) is 0 Å². The molecule has 118 valence electrons. The Morgan fingerprint density at radius 2 is 1.71 bits per heavy atom. The van der Waals surface area contributed by atoms with E-state index < -0.39 is 0 Å². The van der Waals surface area contributed by atoms with Crippen molar-refractivity contribution in [3.8, 4) is 17.0 Å². The van der Waals surface area contributed by atoms with Crippen molar-refractivity contribution in [2.24, 2.45) is 0 Å².